The van der Waals surface area contributed by atoms with Crippen LogP contribution in [0.4, 0.5) is 0 Å². The van der Waals surface area contributed by atoms with Gasteiger partial charge in [0.05, 0.1) is 6.10 Å². The molecule has 1 aliphatic heterocycles. The van der Waals surface area contributed by atoms with E-state index in [0.29, 0.717) is 18.2 Å². The molecule has 3 atom stereocenters. The molecule has 0 amide bonds. The molecule has 3 unspecified atom stereocenters. The molecule has 0 saturated carbocycles. The van der Waals surface area contributed by atoms with E-state index < -0.39 is 0 Å². The summed E-state index contributed by atoms with van der Waals surface area (Å²) in [5.41, 5.74) is 0. The van der Waals surface area contributed by atoms with E-state index in [0.717, 1.165) is 19.4 Å². The van der Waals surface area contributed by atoms with Crippen molar-refractivity contribution in [2.24, 2.45) is 0 Å². The van der Waals surface area contributed by atoms with E-state index in [4.69, 9.17) is 4.74 Å². The first-order valence-electron chi connectivity index (χ1n) is 6.22. The van der Waals surface area contributed by atoms with Gasteiger partial charge < -0.3 is 10.1 Å². The Balaban J connectivity index is 2.06. The monoisotopic (exact) mass is 211 g/mol. The number of hydrogen-bond acceptors (Lipinski definition) is 2. The standard InChI is InChI=1S/C13H25NO/c1-4-5-6-7-8-11(2)14-13-9-10-15-12(13)3/h4,11-14H,1,5-10H2,2-3H3. The van der Waals surface area contributed by atoms with Crippen LogP contribution < -0.4 is 5.32 Å². The lowest BCUT2D eigenvalue weighted by molar-refractivity contribution is 0.111. The zero-order valence-corrected chi connectivity index (χ0v) is 10.2. The summed E-state index contributed by atoms with van der Waals surface area (Å²) in [7, 11) is 0. The summed E-state index contributed by atoms with van der Waals surface area (Å²) in [4.78, 5) is 0. The molecule has 0 aromatic carbocycles. The van der Waals surface area contributed by atoms with Gasteiger partial charge in [-0.15, -0.1) is 6.58 Å². The van der Waals surface area contributed by atoms with Crippen molar-refractivity contribution in [1.29, 1.82) is 0 Å². The molecule has 1 N–H and O–H groups in total. The summed E-state index contributed by atoms with van der Waals surface area (Å²) >= 11 is 0. The normalized spacial score (nSPS) is 27.9. The molecule has 0 aromatic rings. The largest absolute Gasteiger partial charge is 0.377 e. The minimum absolute atomic E-state index is 0.389. The highest BCUT2D eigenvalue weighted by Crippen LogP contribution is 2.14. The fraction of sp³-hybridized carbons (Fsp3) is 0.846. The number of ether oxygens (including phenoxy) is 1. The van der Waals surface area contributed by atoms with E-state index in [1.807, 2.05) is 6.08 Å². The smallest absolute Gasteiger partial charge is 0.0700 e. The Hall–Kier alpha value is -0.340. The first-order chi connectivity index (χ1) is 7.24. The van der Waals surface area contributed by atoms with Gasteiger partial charge in [0.1, 0.15) is 0 Å². The maximum Gasteiger partial charge on any atom is 0.0700 e. The Kier molecular flexibility index (Phi) is 5.96. The van der Waals surface area contributed by atoms with Gasteiger partial charge in [0, 0.05) is 18.7 Å². The molecular formula is C13H25NO. The van der Waals surface area contributed by atoms with Crippen LogP contribution in [0.3, 0.4) is 0 Å². The molecule has 2 nitrogen and oxygen atoms in total. The summed E-state index contributed by atoms with van der Waals surface area (Å²) in [5.74, 6) is 0. The van der Waals surface area contributed by atoms with Crippen LogP contribution in [0, 0.1) is 0 Å². The number of nitrogens with one attached hydrogen (secondary N) is 1. The van der Waals surface area contributed by atoms with Crippen LogP contribution in [0.5, 0.6) is 0 Å². The zero-order valence-electron chi connectivity index (χ0n) is 10.2. The maximum absolute atomic E-state index is 5.53. The fourth-order valence-electron chi connectivity index (χ4n) is 2.14. The molecule has 88 valence electrons. The van der Waals surface area contributed by atoms with Crippen molar-refractivity contribution in [2.75, 3.05) is 6.61 Å². The predicted molar refractivity (Wildman–Crippen MR) is 65.1 cm³/mol. The number of rotatable bonds is 7. The van der Waals surface area contributed by atoms with E-state index in [1.54, 1.807) is 0 Å². The molecule has 2 heteroatoms. The molecule has 1 aliphatic rings. The van der Waals surface area contributed by atoms with E-state index in [2.05, 4.69) is 25.7 Å². The second kappa shape index (κ2) is 7.02. The van der Waals surface area contributed by atoms with Crippen molar-refractivity contribution in [3.8, 4) is 0 Å². The highest BCUT2D eigenvalue weighted by Gasteiger charge is 2.24. The van der Waals surface area contributed by atoms with Gasteiger partial charge in [0.15, 0.2) is 0 Å². The van der Waals surface area contributed by atoms with Crippen LogP contribution in [0.15, 0.2) is 12.7 Å². The minimum Gasteiger partial charge on any atom is -0.377 e. The molecule has 15 heavy (non-hydrogen) atoms. The van der Waals surface area contributed by atoms with Crippen molar-refractivity contribution < 1.29 is 4.74 Å². The highest BCUT2D eigenvalue weighted by molar-refractivity contribution is 4.81. The van der Waals surface area contributed by atoms with Crippen molar-refractivity contribution in [2.45, 2.75) is 64.1 Å². The highest BCUT2D eigenvalue weighted by atomic mass is 16.5. The molecule has 1 rings (SSSR count). The van der Waals surface area contributed by atoms with Gasteiger partial charge in [0.2, 0.25) is 0 Å². The molecule has 1 fully saturated rings. The topological polar surface area (TPSA) is 21.3 Å². The summed E-state index contributed by atoms with van der Waals surface area (Å²) in [6, 6.07) is 1.18. The van der Waals surface area contributed by atoms with E-state index in [-0.39, 0.29) is 0 Å². The van der Waals surface area contributed by atoms with E-state index >= 15 is 0 Å². The van der Waals surface area contributed by atoms with Gasteiger partial charge in [-0.25, -0.2) is 0 Å². The Morgan fingerprint density at radius 3 is 2.93 bits per heavy atom. The summed E-state index contributed by atoms with van der Waals surface area (Å²) in [6.45, 7) is 9.10. The average Bonchev–Trinajstić information content (AvgIpc) is 2.59. The molecule has 0 aromatic heterocycles. The Bertz CT molecular complexity index is 181. The van der Waals surface area contributed by atoms with Gasteiger partial charge >= 0.3 is 0 Å². The Morgan fingerprint density at radius 2 is 2.33 bits per heavy atom. The lowest BCUT2D eigenvalue weighted by atomic mass is 10.1. The number of allylic oxidation sites excluding steroid dienone is 1. The van der Waals surface area contributed by atoms with Crippen molar-refractivity contribution >= 4 is 0 Å². The van der Waals surface area contributed by atoms with Gasteiger partial charge in [-0.1, -0.05) is 12.5 Å². The summed E-state index contributed by atoms with van der Waals surface area (Å²) in [5, 5.41) is 3.65. The SMILES string of the molecule is C=CCCCCC(C)NC1CCOC1C. The van der Waals surface area contributed by atoms with E-state index in [1.165, 1.54) is 19.3 Å². The summed E-state index contributed by atoms with van der Waals surface area (Å²) in [6.07, 6.45) is 8.53. The van der Waals surface area contributed by atoms with Crippen LogP contribution in [0.25, 0.3) is 0 Å². The molecular weight excluding hydrogens is 186 g/mol. The van der Waals surface area contributed by atoms with Crippen molar-refractivity contribution in [3.63, 3.8) is 0 Å². The van der Waals surface area contributed by atoms with Crippen molar-refractivity contribution in [1.82, 2.24) is 5.32 Å². The third kappa shape index (κ3) is 4.80. The van der Waals surface area contributed by atoms with Gasteiger partial charge in [-0.05, 0) is 39.5 Å². The second-order valence-electron chi connectivity index (χ2n) is 4.61. The molecule has 1 saturated heterocycles. The minimum atomic E-state index is 0.389. The van der Waals surface area contributed by atoms with Gasteiger partial charge in [-0.3, -0.25) is 0 Å². The quantitative estimate of drug-likeness (QED) is 0.516. The summed E-state index contributed by atoms with van der Waals surface area (Å²) < 4.78 is 5.53. The Labute approximate surface area is 94.1 Å². The van der Waals surface area contributed by atoms with E-state index in [9.17, 15) is 0 Å². The number of unbranched alkanes of at least 4 members (excludes halogenated alkanes) is 2. The van der Waals surface area contributed by atoms with Crippen LogP contribution >= 0.6 is 0 Å². The number of hydrogen-bond donors (Lipinski definition) is 1. The Morgan fingerprint density at radius 1 is 1.53 bits per heavy atom. The van der Waals surface area contributed by atoms with Crippen molar-refractivity contribution in [3.05, 3.63) is 12.7 Å². The fourth-order valence-corrected chi connectivity index (χ4v) is 2.14. The maximum atomic E-state index is 5.53. The lowest BCUT2D eigenvalue weighted by Gasteiger charge is -2.21. The zero-order chi connectivity index (χ0) is 11.1. The van der Waals surface area contributed by atoms with Crippen LogP contribution in [-0.4, -0.2) is 24.8 Å². The third-order valence-corrected chi connectivity index (χ3v) is 3.17. The van der Waals surface area contributed by atoms with Gasteiger partial charge in [0.25, 0.3) is 0 Å². The van der Waals surface area contributed by atoms with Crippen LogP contribution in [-0.2, 0) is 4.74 Å². The third-order valence-electron chi connectivity index (χ3n) is 3.17. The van der Waals surface area contributed by atoms with Gasteiger partial charge in [-0.2, -0.15) is 0 Å². The average molecular weight is 211 g/mol. The molecule has 0 spiro atoms. The second-order valence-corrected chi connectivity index (χ2v) is 4.61. The first-order valence-corrected chi connectivity index (χ1v) is 6.22. The molecule has 0 aliphatic carbocycles. The van der Waals surface area contributed by atoms with Crippen LogP contribution in [0.1, 0.15) is 46.0 Å². The molecule has 0 bridgehead atoms. The molecule has 0 radical (unpaired) electrons. The molecule has 1 heterocycles. The predicted octanol–water partition coefficient (Wildman–Crippen LogP) is 2.89. The first kappa shape index (κ1) is 12.7. The van der Waals surface area contributed by atoms with Crippen LogP contribution in [0.2, 0.25) is 0 Å². The lowest BCUT2D eigenvalue weighted by Crippen LogP contribution is -2.40.